The summed E-state index contributed by atoms with van der Waals surface area (Å²) >= 11 is 0. The molecule has 1 aliphatic carbocycles. The smallest absolute Gasteiger partial charge is 0.159 e. The Morgan fingerprint density at radius 2 is 1.09 bits per heavy atom. The predicted octanol–water partition coefficient (Wildman–Crippen LogP) is 15.0. The first kappa shape index (κ1) is 31.6. The molecule has 0 bridgehead atoms. The molecule has 1 aliphatic rings. The fourth-order valence-corrected chi connectivity index (χ4v) is 9.19. The Morgan fingerprint density at radius 1 is 0.436 bits per heavy atom. The van der Waals surface area contributed by atoms with Crippen molar-refractivity contribution in [3.05, 3.63) is 199 Å². The number of fused-ring (bicyclic) bond motifs is 6. The van der Waals surface area contributed by atoms with E-state index in [1.54, 1.807) is 0 Å². The summed E-state index contributed by atoms with van der Waals surface area (Å²) in [5.74, 6) is 0. The van der Waals surface area contributed by atoms with E-state index in [2.05, 4.69) is 201 Å². The van der Waals surface area contributed by atoms with E-state index in [-0.39, 0.29) is 5.41 Å². The van der Waals surface area contributed by atoms with E-state index >= 15 is 0 Å². The molecule has 0 amide bonds. The van der Waals surface area contributed by atoms with Crippen LogP contribution in [0.3, 0.4) is 0 Å². The van der Waals surface area contributed by atoms with Crippen LogP contribution in [0.25, 0.3) is 76.9 Å². The number of rotatable bonds is 5. The molecule has 0 aliphatic heterocycles. The molecule has 0 N–H and O–H groups in total. The maximum Gasteiger partial charge on any atom is 0.159 e. The summed E-state index contributed by atoms with van der Waals surface area (Å²) in [6.07, 6.45) is 0. The highest BCUT2D eigenvalue weighted by Crippen LogP contribution is 2.54. The van der Waals surface area contributed by atoms with Crippen molar-refractivity contribution >= 4 is 60.5 Å². The minimum Gasteiger partial charge on any atom is -0.454 e. The second-order valence-electron chi connectivity index (χ2n) is 15.3. The number of anilines is 3. The van der Waals surface area contributed by atoms with Gasteiger partial charge in [0.1, 0.15) is 5.58 Å². The fourth-order valence-electron chi connectivity index (χ4n) is 9.19. The van der Waals surface area contributed by atoms with Crippen LogP contribution < -0.4 is 4.90 Å². The zero-order chi connectivity index (χ0) is 36.7. The lowest BCUT2D eigenvalue weighted by molar-refractivity contribution is 0.645. The first-order valence-electron chi connectivity index (χ1n) is 19.1. The summed E-state index contributed by atoms with van der Waals surface area (Å²) < 4.78 is 6.70. The van der Waals surface area contributed by atoms with Gasteiger partial charge in [0.2, 0.25) is 0 Å². The van der Waals surface area contributed by atoms with Crippen LogP contribution in [-0.4, -0.2) is 0 Å². The minimum absolute atomic E-state index is 0.260. The summed E-state index contributed by atoms with van der Waals surface area (Å²) in [7, 11) is 0. The number of hydrogen-bond donors (Lipinski definition) is 0. The van der Waals surface area contributed by atoms with Crippen LogP contribution in [0.5, 0.6) is 0 Å². The van der Waals surface area contributed by atoms with Crippen molar-refractivity contribution < 1.29 is 4.42 Å². The van der Waals surface area contributed by atoms with E-state index in [9.17, 15) is 0 Å². The summed E-state index contributed by atoms with van der Waals surface area (Å²) in [6.45, 7) is 4.77. The van der Waals surface area contributed by atoms with Crippen molar-refractivity contribution in [1.29, 1.82) is 0 Å². The van der Waals surface area contributed by atoms with Crippen LogP contribution in [-0.2, 0) is 5.41 Å². The lowest BCUT2D eigenvalue weighted by Crippen LogP contribution is -2.24. The number of nitrogens with zero attached hydrogens (tertiary/aromatic N) is 1. The Labute approximate surface area is 320 Å². The van der Waals surface area contributed by atoms with Crippen LogP contribution in [0.15, 0.2) is 192 Å². The van der Waals surface area contributed by atoms with Crippen LogP contribution in [0, 0.1) is 0 Å². The van der Waals surface area contributed by atoms with E-state index in [0.717, 1.165) is 39.0 Å². The highest BCUT2D eigenvalue weighted by atomic mass is 16.3. The molecule has 0 fully saturated rings. The van der Waals surface area contributed by atoms with E-state index in [1.165, 1.54) is 66.1 Å². The summed E-state index contributed by atoms with van der Waals surface area (Å²) in [6, 6.07) is 68.4. The van der Waals surface area contributed by atoms with E-state index in [0.29, 0.717) is 0 Å². The Hall–Kier alpha value is -6.90. The van der Waals surface area contributed by atoms with E-state index in [4.69, 9.17) is 4.42 Å². The second kappa shape index (κ2) is 12.1. The van der Waals surface area contributed by atoms with Crippen molar-refractivity contribution in [2.75, 3.05) is 4.90 Å². The van der Waals surface area contributed by atoms with Crippen LogP contribution in [0.2, 0.25) is 0 Å². The lowest BCUT2D eigenvalue weighted by atomic mass is 9.67. The molecule has 10 aromatic rings. The number of hydrogen-bond acceptors (Lipinski definition) is 2. The highest BCUT2D eigenvalue weighted by molar-refractivity contribution is 6.13. The third-order valence-corrected chi connectivity index (χ3v) is 11.9. The molecular formula is C53H37NO. The van der Waals surface area contributed by atoms with E-state index < -0.39 is 0 Å². The van der Waals surface area contributed by atoms with Crippen molar-refractivity contribution in [2.24, 2.45) is 0 Å². The normalized spacial score (nSPS) is 13.1. The van der Waals surface area contributed by atoms with Gasteiger partial charge in [-0.25, -0.2) is 0 Å². The quantitative estimate of drug-likeness (QED) is 0.177. The van der Waals surface area contributed by atoms with Crippen molar-refractivity contribution in [3.63, 3.8) is 0 Å². The minimum atomic E-state index is -0.260. The second-order valence-corrected chi connectivity index (χ2v) is 15.3. The van der Waals surface area contributed by atoms with E-state index in [1.807, 2.05) is 6.07 Å². The topological polar surface area (TPSA) is 16.4 Å². The lowest BCUT2D eigenvalue weighted by Gasteiger charge is -2.37. The molecule has 260 valence electrons. The van der Waals surface area contributed by atoms with Crippen LogP contribution in [0.1, 0.15) is 25.0 Å². The molecule has 11 rings (SSSR count). The third-order valence-electron chi connectivity index (χ3n) is 11.9. The van der Waals surface area contributed by atoms with Gasteiger partial charge in [0.15, 0.2) is 5.58 Å². The van der Waals surface area contributed by atoms with Gasteiger partial charge < -0.3 is 9.32 Å². The SMILES string of the molecule is CC1(C)c2cc(N(c3ccc(-c4ccccc4)cc3)c3cccc4c3oc3ccccc34)ccc2-c2c(-c3cccc4ccccc34)ccc3cccc1c23. The maximum atomic E-state index is 6.70. The Bertz CT molecular complexity index is 3110. The average molecular weight is 704 g/mol. The number of para-hydroxylation sites is 2. The molecule has 2 nitrogen and oxygen atoms in total. The van der Waals surface area contributed by atoms with Gasteiger partial charge in [0.05, 0.1) is 5.69 Å². The molecule has 9 aromatic carbocycles. The Balaban J connectivity index is 1.16. The summed E-state index contributed by atoms with van der Waals surface area (Å²) in [4.78, 5) is 2.38. The molecule has 55 heavy (non-hydrogen) atoms. The standard InChI is InChI=1S/C53H37NO/c1-53(2)46-22-11-17-37-27-31-43(41-20-10-16-36-15-6-7-18-40(36)41)51(50(37)46)45-32-30-39(33-47(45)53)54(38-28-25-35(26-29-38)34-13-4-3-5-14-34)48-23-12-21-44-42-19-8-9-24-49(42)55-52(44)48/h3-33H,1-2H3. The first-order chi connectivity index (χ1) is 27.0. The molecular weight excluding hydrogens is 667 g/mol. The largest absolute Gasteiger partial charge is 0.454 e. The zero-order valence-electron chi connectivity index (χ0n) is 30.8. The third kappa shape index (κ3) is 4.81. The zero-order valence-corrected chi connectivity index (χ0v) is 30.8. The predicted molar refractivity (Wildman–Crippen MR) is 232 cm³/mol. The van der Waals surface area contributed by atoms with Crippen molar-refractivity contribution in [2.45, 2.75) is 19.3 Å². The molecule has 0 unspecified atom stereocenters. The summed E-state index contributed by atoms with van der Waals surface area (Å²) in [5, 5.41) is 7.37. The summed E-state index contributed by atoms with van der Waals surface area (Å²) in [5.41, 5.74) is 14.8. The van der Waals surface area contributed by atoms with Gasteiger partial charge in [-0.15, -0.1) is 0 Å². The van der Waals surface area contributed by atoms with Crippen molar-refractivity contribution in [1.82, 2.24) is 0 Å². The van der Waals surface area contributed by atoms with Gasteiger partial charge in [0.25, 0.3) is 0 Å². The van der Waals surface area contributed by atoms with Gasteiger partial charge in [-0.3, -0.25) is 0 Å². The van der Waals surface area contributed by atoms with Crippen molar-refractivity contribution in [3.8, 4) is 33.4 Å². The van der Waals surface area contributed by atoms with Gasteiger partial charge >= 0.3 is 0 Å². The molecule has 1 aromatic heterocycles. The molecule has 0 saturated heterocycles. The van der Waals surface area contributed by atoms with Gasteiger partial charge in [-0.2, -0.15) is 0 Å². The van der Waals surface area contributed by atoms with Crippen LogP contribution in [0.4, 0.5) is 17.1 Å². The van der Waals surface area contributed by atoms with Gasteiger partial charge in [0, 0.05) is 27.6 Å². The molecule has 0 atom stereocenters. The van der Waals surface area contributed by atoms with Gasteiger partial charge in [-0.05, 0) is 102 Å². The molecule has 0 saturated carbocycles. The first-order valence-corrected chi connectivity index (χ1v) is 19.1. The van der Waals surface area contributed by atoms with Crippen LogP contribution >= 0.6 is 0 Å². The number of furan rings is 1. The maximum absolute atomic E-state index is 6.70. The molecule has 0 radical (unpaired) electrons. The fraction of sp³-hybridized carbons (Fsp3) is 0.0566. The molecule has 1 heterocycles. The monoisotopic (exact) mass is 703 g/mol. The Morgan fingerprint density at radius 3 is 1.96 bits per heavy atom. The highest BCUT2D eigenvalue weighted by Gasteiger charge is 2.36. The molecule has 2 heteroatoms. The average Bonchev–Trinajstić information content (AvgIpc) is 3.63. The van der Waals surface area contributed by atoms with Gasteiger partial charge in [-0.1, -0.05) is 166 Å². The number of benzene rings is 9. The molecule has 0 spiro atoms. The Kier molecular flexibility index (Phi) is 6.93.